The number of nitrogens with zero attached hydrogens (tertiary/aromatic N) is 1. The highest BCUT2D eigenvalue weighted by Crippen LogP contribution is 2.35. The summed E-state index contributed by atoms with van der Waals surface area (Å²) in [6, 6.07) is 26.9. The number of carbonyl (C=O) groups is 2. The van der Waals surface area contributed by atoms with Gasteiger partial charge >= 0.3 is 5.97 Å². The van der Waals surface area contributed by atoms with Crippen LogP contribution in [0.3, 0.4) is 0 Å². The highest BCUT2D eigenvalue weighted by atomic mass is 16.5. The molecule has 4 aromatic rings. The molecule has 144 valence electrons. The van der Waals surface area contributed by atoms with E-state index in [4.69, 9.17) is 4.74 Å². The molecule has 0 aliphatic rings. The van der Waals surface area contributed by atoms with Crippen molar-refractivity contribution >= 4 is 22.8 Å². The van der Waals surface area contributed by atoms with Crippen LogP contribution in [0.5, 0.6) is 5.88 Å². The van der Waals surface area contributed by atoms with E-state index in [2.05, 4.69) is 0 Å². The first kappa shape index (κ1) is 18.7. The molecule has 0 aliphatic heterocycles. The summed E-state index contributed by atoms with van der Waals surface area (Å²) in [6.07, 6.45) is 0. The van der Waals surface area contributed by atoms with Gasteiger partial charge in [-0.3, -0.25) is 9.59 Å². The van der Waals surface area contributed by atoms with Gasteiger partial charge in [0.2, 0.25) is 11.8 Å². The van der Waals surface area contributed by atoms with Gasteiger partial charge in [0.1, 0.15) is 0 Å². The highest BCUT2D eigenvalue weighted by molar-refractivity contribution is 6.01. The maximum Gasteiger partial charge on any atom is 0.309 e. The van der Waals surface area contributed by atoms with E-state index in [1.165, 1.54) is 11.5 Å². The SMILES string of the molecule is CC(=O)Oc1c(C)c2ccccc2n1C(=O)C(c1ccccc1)c1ccccc1. The molecule has 4 heteroatoms. The average molecular weight is 383 g/mol. The summed E-state index contributed by atoms with van der Waals surface area (Å²) >= 11 is 0. The molecule has 0 saturated carbocycles. The number of rotatable bonds is 4. The van der Waals surface area contributed by atoms with Crippen molar-refractivity contribution in [2.24, 2.45) is 0 Å². The first-order valence-electron chi connectivity index (χ1n) is 9.50. The Morgan fingerprint density at radius 1 is 0.793 bits per heavy atom. The Bertz CT molecular complexity index is 1140. The lowest BCUT2D eigenvalue weighted by atomic mass is 9.90. The van der Waals surface area contributed by atoms with Gasteiger partial charge in [0, 0.05) is 17.9 Å². The second-order valence-corrected chi connectivity index (χ2v) is 6.97. The Morgan fingerprint density at radius 3 is 1.86 bits per heavy atom. The lowest BCUT2D eigenvalue weighted by molar-refractivity contribution is -0.132. The topological polar surface area (TPSA) is 48.3 Å². The predicted molar refractivity (Wildman–Crippen MR) is 113 cm³/mol. The number of esters is 1. The molecule has 4 rings (SSSR count). The third kappa shape index (κ3) is 3.45. The van der Waals surface area contributed by atoms with Crippen molar-refractivity contribution in [1.82, 2.24) is 4.57 Å². The van der Waals surface area contributed by atoms with Gasteiger partial charge in [0.25, 0.3) is 0 Å². The zero-order valence-corrected chi connectivity index (χ0v) is 16.3. The molecule has 1 aromatic heterocycles. The maximum atomic E-state index is 13.9. The summed E-state index contributed by atoms with van der Waals surface area (Å²) in [6.45, 7) is 3.21. The normalized spacial score (nSPS) is 11.0. The number of hydrogen-bond donors (Lipinski definition) is 0. The van der Waals surface area contributed by atoms with Crippen LogP contribution in [-0.4, -0.2) is 16.4 Å². The molecular weight excluding hydrogens is 362 g/mol. The lowest BCUT2D eigenvalue weighted by Gasteiger charge is -2.19. The van der Waals surface area contributed by atoms with Crippen LogP contribution in [0.4, 0.5) is 0 Å². The average Bonchev–Trinajstić information content (AvgIpc) is 3.01. The van der Waals surface area contributed by atoms with E-state index in [-0.39, 0.29) is 11.8 Å². The molecule has 0 spiro atoms. The molecule has 1 heterocycles. The summed E-state index contributed by atoms with van der Waals surface area (Å²) in [5.74, 6) is -0.869. The van der Waals surface area contributed by atoms with Gasteiger partial charge in [-0.15, -0.1) is 0 Å². The Kier molecular flexibility index (Phi) is 5.00. The smallest absolute Gasteiger partial charge is 0.309 e. The van der Waals surface area contributed by atoms with Crippen LogP contribution < -0.4 is 4.74 Å². The Labute approximate surface area is 169 Å². The van der Waals surface area contributed by atoms with Crippen LogP contribution in [0.25, 0.3) is 10.9 Å². The molecule has 0 unspecified atom stereocenters. The molecule has 0 aliphatic carbocycles. The lowest BCUT2D eigenvalue weighted by Crippen LogP contribution is -2.23. The molecule has 0 radical (unpaired) electrons. The zero-order valence-electron chi connectivity index (χ0n) is 16.3. The van der Waals surface area contributed by atoms with E-state index in [1.807, 2.05) is 91.9 Å². The van der Waals surface area contributed by atoms with Crippen LogP contribution in [-0.2, 0) is 4.79 Å². The number of aryl methyl sites for hydroxylation is 1. The molecule has 29 heavy (non-hydrogen) atoms. The molecule has 0 bridgehead atoms. The van der Waals surface area contributed by atoms with Gasteiger partial charge < -0.3 is 4.74 Å². The standard InChI is InChI=1S/C25H21NO3/c1-17-21-15-9-10-16-22(21)26(25(17)29-18(2)27)24(28)23(19-11-5-3-6-12-19)20-13-7-4-8-14-20/h3-16,23H,1-2H3. The van der Waals surface area contributed by atoms with Gasteiger partial charge in [-0.1, -0.05) is 78.9 Å². The van der Waals surface area contributed by atoms with E-state index in [1.54, 1.807) is 0 Å². The summed E-state index contributed by atoms with van der Waals surface area (Å²) < 4.78 is 7.05. The third-order valence-electron chi connectivity index (χ3n) is 5.05. The fourth-order valence-electron chi connectivity index (χ4n) is 3.75. The number of benzene rings is 3. The predicted octanol–water partition coefficient (Wildman–Crippen LogP) is 5.35. The summed E-state index contributed by atoms with van der Waals surface area (Å²) in [5, 5.41) is 0.886. The van der Waals surface area contributed by atoms with Crippen molar-refractivity contribution in [3.8, 4) is 5.88 Å². The molecule has 4 nitrogen and oxygen atoms in total. The van der Waals surface area contributed by atoms with E-state index in [0.717, 1.165) is 27.6 Å². The highest BCUT2D eigenvalue weighted by Gasteiger charge is 2.29. The summed E-state index contributed by atoms with van der Waals surface area (Å²) in [5.41, 5.74) is 3.26. The fourth-order valence-corrected chi connectivity index (χ4v) is 3.75. The monoisotopic (exact) mass is 383 g/mol. The van der Waals surface area contributed by atoms with Crippen molar-refractivity contribution in [3.63, 3.8) is 0 Å². The molecular formula is C25H21NO3. The van der Waals surface area contributed by atoms with Gasteiger partial charge in [-0.25, -0.2) is 4.57 Å². The number of fused-ring (bicyclic) bond motifs is 1. The second-order valence-electron chi connectivity index (χ2n) is 6.97. The van der Waals surface area contributed by atoms with Crippen molar-refractivity contribution in [3.05, 3.63) is 102 Å². The summed E-state index contributed by atoms with van der Waals surface area (Å²) in [7, 11) is 0. The van der Waals surface area contributed by atoms with Crippen LogP contribution >= 0.6 is 0 Å². The van der Waals surface area contributed by atoms with Gasteiger partial charge in [0.15, 0.2) is 0 Å². The minimum atomic E-state index is -0.526. The maximum absolute atomic E-state index is 13.9. The van der Waals surface area contributed by atoms with Crippen LogP contribution in [0, 0.1) is 6.92 Å². The van der Waals surface area contributed by atoms with Crippen molar-refractivity contribution < 1.29 is 14.3 Å². The Balaban J connectivity index is 1.96. The Hall–Kier alpha value is -3.66. The largest absolute Gasteiger partial charge is 0.409 e. The first-order chi connectivity index (χ1) is 14.1. The van der Waals surface area contributed by atoms with Crippen molar-refractivity contribution in [2.75, 3.05) is 0 Å². The minimum absolute atomic E-state index is 0.164. The quantitative estimate of drug-likeness (QED) is 0.447. The number of hydrogen-bond acceptors (Lipinski definition) is 3. The van der Waals surface area contributed by atoms with E-state index in [0.29, 0.717) is 0 Å². The molecule has 3 aromatic carbocycles. The van der Waals surface area contributed by atoms with E-state index < -0.39 is 11.9 Å². The summed E-state index contributed by atoms with van der Waals surface area (Å²) in [4.78, 5) is 25.7. The van der Waals surface area contributed by atoms with Gasteiger partial charge in [-0.05, 0) is 24.1 Å². The molecule has 0 amide bonds. The molecule has 0 atom stereocenters. The van der Waals surface area contributed by atoms with Crippen LogP contribution in [0.2, 0.25) is 0 Å². The molecule has 0 fully saturated rings. The Morgan fingerprint density at radius 2 is 1.31 bits per heavy atom. The van der Waals surface area contributed by atoms with E-state index in [9.17, 15) is 9.59 Å². The van der Waals surface area contributed by atoms with Crippen LogP contribution in [0.1, 0.15) is 34.3 Å². The minimum Gasteiger partial charge on any atom is -0.409 e. The zero-order chi connectivity index (χ0) is 20.4. The second kappa shape index (κ2) is 7.76. The van der Waals surface area contributed by atoms with Crippen LogP contribution in [0.15, 0.2) is 84.9 Å². The van der Waals surface area contributed by atoms with Crippen molar-refractivity contribution in [1.29, 1.82) is 0 Å². The van der Waals surface area contributed by atoms with Gasteiger partial charge in [0.05, 0.1) is 11.4 Å². The van der Waals surface area contributed by atoms with Crippen molar-refractivity contribution in [2.45, 2.75) is 19.8 Å². The molecule has 0 N–H and O–H groups in total. The molecule has 0 saturated heterocycles. The number of aromatic nitrogens is 1. The van der Waals surface area contributed by atoms with Gasteiger partial charge in [-0.2, -0.15) is 0 Å². The third-order valence-corrected chi connectivity index (χ3v) is 5.05. The number of para-hydroxylation sites is 1. The number of ether oxygens (including phenoxy) is 1. The fraction of sp³-hybridized carbons (Fsp3) is 0.120. The first-order valence-corrected chi connectivity index (χ1v) is 9.50. The number of carbonyl (C=O) groups excluding carboxylic acids is 2. The van der Waals surface area contributed by atoms with E-state index >= 15 is 0 Å².